The molecule has 32 heavy (non-hydrogen) atoms. The van der Waals surface area contributed by atoms with Crippen molar-refractivity contribution in [2.24, 2.45) is 0 Å². The van der Waals surface area contributed by atoms with Crippen LogP contribution >= 0.6 is 24.0 Å². The molecule has 0 aliphatic rings. The van der Waals surface area contributed by atoms with Gasteiger partial charge in [-0.3, -0.25) is 4.79 Å². The van der Waals surface area contributed by atoms with Crippen LogP contribution in [0.25, 0.3) is 0 Å². The maximum Gasteiger partial charge on any atom is 0.573 e. The highest BCUT2D eigenvalue weighted by atomic mass is 32.2. The van der Waals surface area contributed by atoms with Gasteiger partial charge in [0, 0.05) is 29.5 Å². The van der Waals surface area contributed by atoms with Crippen LogP contribution in [0, 0.1) is 0 Å². The number of pyridine rings is 1. The van der Waals surface area contributed by atoms with Gasteiger partial charge >= 0.3 is 6.36 Å². The van der Waals surface area contributed by atoms with Gasteiger partial charge in [-0.25, -0.2) is 4.98 Å². The number of nitrogens with zero attached hydrogens (tertiary/aromatic N) is 1. The lowest BCUT2D eigenvalue weighted by Crippen LogP contribution is -2.19. The minimum absolute atomic E-state index is 0.195. The van der Waals surface area contributed by atoms with Gasteiger partial charge in [0.2, 0.25) is 0 Å². The lowest BCUT2D eigenvalue weighted by molar-refractivity contribution is -0.274. The van der Waals surface area contributed by atoms with Crippen LogP contribution < -0.4 is 20.7 Å². The van der Waals surface area contributed by atoms with Gasteiger partial charge in [-0.05, 0) is 72.9 Å². The van der Waals surface area contributed by atoms with Gasteiger partial charge < -0.3 is 20.7 Å². The predicted octanol–water partition coefficient (Wildman–Crippen LogP) is 5.30. The Labute approximate surface area is 191 Å². The Morgan fingerprint density at radius 2 is 1.56 bits per heavy atom. The zero-order chi connectivity index (χ0) is 23.1. The van der Waals surface area contributed by atoms with Crippen LogP contribution in [0.2, 0.25) is 0 Å². The van der Waals surface area contributed by atoms with Crippen LogP contribution in [0.3, 0.4) is 0 Å². The second kappa shape index (κ2) is 10.3. The van der Waals surface area contributed by atoms with Gasteiger partial charge in [0.1, 0.15) is 10.8 Å². The van der Waals surface area contributed by atoms with E-state index in [9.17, 15) is 18.0 Å². The van der Waals surface area contributed by atoms with E-state index in [2.05, 4.69) is 25.7 Å². The van der Waals surface area contributed by atoms with Gasteiger partial charge in [0.05, 0.1) is 5.56 Å². The maximum absolute atomic E-state index is 12.2. The van der Waals surface area contributed by atoms with E-state index in [1.807, 2.05) is 24.3 Å². The second-order valence-electron chi connectivity index (χ2n) is 6.24. The Morgan fingerprint density at radius 3 is 2.06 bits per heavy atom. The number of ether oxygens (including phenoxy) is 1. The second-order valence-corrected chi connectivity index (χ2v) is 7.74. The van der Waals surface area contributed by atoms with Crippen LogP contribution in [0.4, 0.5) is 24.5 Å². The number of carbonyl (C=O) groups is 1. The summed E-state index contributed by atoms with van der Waals surface area (Å²) in [6.45, 7) is 0. The molecular weight excluding hydrogens is 461 g/mol. The highest BCUT2D eigenvalue weighted by Gasteiger charge is 2.30. The summed E-state index contributed by atoms with van der Waals surface area (Å²) in [5, 5.41) is 9.46. The van der Waals surface area contributed by atoms with Crippen molar-refractivity contribution < 1.29 is 22.7 Å². The van der Waals surface area contributed by atoms with Crippen molar-refractivity contribution in [3.05, 3.63) is 72.4 Å². The average Bonchev–Trinajstić information content (AvgIpc) is 2.75. The first-order valence-corrected chi connectivity index (χ1v) is 10.3. The molecule has 0 aliphatic heterocycles. The molecule has 0 aliphatic carbocycles. The highest BCUT2D eigenvalue weighted by Crippen LogP contribution is 2.27. The third-order valence-corrected chi connectivity index (χ3v) is 5.07. The Morgan fingerprint density at radius 1 is 0.969 bits per heavy atom. The zero-order valence-electron chi connectivity index (χ0n) is 16.6. The predicted molar refractivity (Wildman–Crippen MR) is 121 cm³/mol. The molecule has 0 saturated heterocycles. The smallest absolute Gasteiger partial charge is 0.406 e. The van der Waals surface area contributed by atoms with Gasteiger partial charge in [-0.15, -0.1) is 13.2 Å². The number of halogens is 3. The summed E-state index contributed by atoms with van der Waals surface area (Å²) in [6, 6.07) is 16.1. The van der Waals surface area contributed by atoms with Gasteiger partial charge in [-0.1, -0.05) is 11.8 Å². The monoisotopic (exact) mass is 478 g/mol. The van der Waals surface area contributed by atoms with Crippen molar-refractivity contribution in [1.29, 1.82) is 0 Å². The molecule has 3 N–H and O–H groups in total. The first kappa shape index (κ1) is 23.4. The number of anilines is 2. The summed E-state index contributed by atoms with van der Waals surface area (Å²) in [6.07, 6.45) is -3.22. The fourth-order valence-electron chi connectivity index (χ4n) is 2.48. The van der Waals surface area contributed by atoms with E-state index < -0.39 is 6.36 Å². The maximum atomic E-state index is 12.2. The molecule has 0 fully saturated rings. The largest absolute Gasteiger partial charge is 0.573 e. The minimum Gasteiger partial charge on any atom is -0.406 e. The molecule has 2 aromatic carbocycles. The number of thiocarbonyl (C=S) groups is 1. The number of nitrogens with one attached hydrogen (secondary N) is 3. The lowest BCUT2D eigenvalue weighted by Gasteiger charge is -2.12. The average molecular weight is 479 g/mol. The molecule has 166 valence electrons. The molecule has 11 heteroatoms. The summed E-state index contributed by atoms with van der Waals surface area (Å²) in [7, 11) is 1.56. The summed E-state index contributed by atoms with van der Waals surface area (Å²) < 4.78 is 40.5. The Balaban J connectivity index is 1.52. The van der Waals surface area contributed by atoms with E-state index in [1.54, 1.807) is 19.2 Å². The van der Waals surface area contributed by atoms with Crippen LogP contribution in [-0.2, 0) is 0 Å². The number of aromatic nitrogens is 1. The molecule has 0 saturated carbocycles. The summed E-state index contributed by atoms with van der Waals surface area (Å²) >= 11 is 6.68. The molecular formula is C21H17F3N4O2S2. The number of benzene rings is 2. The first-order chi connectivity index (χ1) is 15.2. The molecule has 0 unspecified atom stereocenters. The van der Waals surface area contributed by atoms with E-state index in [0.29, 0.717) is 11.3 Å². The topological polar surface area (TPSA) is 75.3 Å². The molecule has 3 rings (SSSR count). The SMILES string of the molecule is CNC(=O)c1ccc(Sc2ccc(NC(=S)Nc3ccc(OC(F)(F)F)cc3)cc2)nc1. The van der Waals surface area contributed by atoms with Crippen LogP contribution in [0.5, 0.6) is 5.75 Å². The van der Waals surface area contributed by atoms with Gasteiger partial charge in [0.25, 0.3) is 5.91 Å². The molecule has 0 atom stereocenters. The molecule has 0 bridgehead atoms. The van der Waals surface area contributed by atoms with Gasteiger partial charge in [-0.2, -0.15) is 0 Å². The molecule has 1 heterocycles. The number of alkyl halides is 3. The van der Waals surface area contributed by atoms with Crippen molar-refractivity contribution in [1.82, 2.24) is 10.3 Å². The third kappa shape index (κ3) is 7.13. The zero-order valence-corrected chi connectivity index (χ0v) is 18.2. The summed E-state index contributed by atoms with van der Waals surface area (Å²) in [5.74, 6) is -0.507. The third-order valence-electron chi connectivity index (χ3n) is 3.91. The highest BCUT2D eigenvalue weighted by molar-refractivity contribution is 7.99. The molecule has 6 nitrogen and oxygen atoms in total. The van der Waals surface area contributed by atoms with Crippen molar-refractivity contribution in [2.45, 2.75) is 16.3 Å². The van der Waals surface area contributed by atoms with E-state index in [4.69, 9.17) is 12.2 Å². The molecule has 0 spiro atoms. The summed E-state index contributed by atoms with van der Waals surface area (Å²) in [4.78, 5) is 16.8. The number of hydrogen-bond acceptors (Lipinski definition) is 5. The number of hydrogen-bond donors (Lipinski definition) is 3. The molecule has 1 aromatic heterocycles. The Hall–Kier alpha value is -3.31. The number of carbonyl (C=O) groups excluding carboxylic acids is 1. The molecule has 3 aromatic rings. The van der Waals surface area contributed by atoms with E-state index in [1.165, 1.54) is 42.2 Å². The van der Waals surface area contributed by atoms with E-state index >= 15 is 0 Å². The Kier molecular flexibility index (Phi) is 7.54. The molecule has 1 amide bonds. The van der Waals surface area contributed by atoms with Gasteiger partial charge in [0.15, 0.2) is 5.11 Å². The quantitative estimate of drug-likeness (QED) is 0.415. The van der Waals surface area contributed by atoms with E-state index in [-0.39, 0.29) is 16.8 Å². The van der Waals surface area contributed by atoms with Crippen molar-refractivity contribution in [2.75, 3.05) is 17.7 Å². The lowest BCUT2D eigenvalue weighted by atomic mass is 10.3. The normalized spacial score (nSPS) is 10.9. The van der Waals surface area contributed by atoms with Crippen molar-refractivity contribution in [3.63, 3.8) is 0 Å². The summed E-state index contributed by atoms with van der Waals surface area (Å²) in [5.41, 5.74) is 1.72. The minimum atomic E-state index is -4.73. The number of amides is 1. The fraction of sp³-hybridized carbons (Fsp3) is 0.0952. The standard InChI is InChI=1S/C21H17F3N4O2S2/c1-25-19(29)13-2-11-18(26-12-13)32-17-9-5-15(6-10-17)28-20(31)27-14-3-7-16(8-4-14)30-21(22,23)24/h2-12H,1H3,(H,25,29)(H2,27,28,31). The van der Waals surface area contributed by atoms with Crippen LogP contribution in [0.15, 0.2) is 76.8 Å². The van der Waals surface area contributed by atoms with E-state index in [0.717, 1.165) is 15.6 Å². The van der Waals surface area contributed by atoms with Crippen LogP contribution in [0.1, 0.15) is 10.4 Å². The van der Waals surface area contributed by atoms with Crippen LogP contribution in [-0.4, -0.2) is 29.4 Å². The van der Waals surface area contributed by atoms with Crippen molar-refractivity contribution in [3.8, 4) is 5.75 Å². The number of rotatable bonds is 6. The Bertz CT molecular complexity index is 1070. The fourth-order valence-corrected chi connectivity index (χ4v) is 3.47. The molecule has 0 radical (unpaired) electrons. The first-order valence-electron chi connectivity index (χ1n) is 9.12. The van der Waals surface area contributed by atoms with Crippen molar-refractivity contribution >= 4 is 46.4 Å².